The topological polar surface area (TPSA) is 64.6 Å². The minimum Gasteiger partial charge on any atom is -0.352 e. The molecule has 7 nitrogen and oxygen atoms in total. The van der Waals surface area contributed by atoms with Crippen LogP contribution in [0.15, 0.2) is 18.6 Å². The van der Waals surface area contributed by atoms with Crippen molar-refractivity contribution in [1.82, 2.24) is 25.1 Å². The van der Waals surface area contributed by atoms with E-state index in [4.69, 9.17) is 0 Å². The molecule has 2 aliphatic heterocycles. The van der Waals surface area contributed by atoms with E-state index < -0.39 is 0 Å². The lowest BCUT2D eigenvalue weighted by Gasteiger charge is -2.35. The van der Waals surface area contributed by atoms with E-state index in [1.165, 1.54) is 25.9 Å². The molecular formula is C17H28N6O. The molecule has 1 unspecified atom stereocenters. The largest absolute Gasteiger partial charge is 0.352 e. The first kappa shape index (κ1) is 17.0. The van der Waals surface area contributed by atoms with Gasteiger partial charge >= 0.3 is 6.03 Å². The minimum atomic E-state index is 0.0615. The van der Waals surface area contributed by atoms with Crippen LogP contribution < -0.4 is 10.2 Å². The molecule has 2 aliphatic rings. The number of likely N-dealkylation sites (tertiary alicyclic amines) is 1. The van der Waals surface area contributed by atoms with E-state index in [0.717, 1.165) is 45.0 Å². The van der Waals surface area contributed by atoms with Gasteiger partial charge in [-0.15, -0.1) is 0 Å². The van der Waals surface area contributed by atoms with Gasteiger partial charge in [0.2, 0.25) is 0 Å². The van der Waals surface area contributed by atoms with Crippen LogP contribution in [0.4, 0.5) is 10.6 Å². The number of hydrogen-bond donors (Lipinski definition) is 1. The Balaban J connectivity index is 1.43. The molecule has 132 valence electrons. The van der Waals surface area contributed by atoms with Gasteiger partial charge in [-0.3, -0.25) is 9.88 Å². The van der Waals surface area contributed by atoms with Crippen molar-refractivity contribution in [2.24, 2.45) is 0 Å². The molecule has 2 fully saturated rings. The normalized spacial score (nSPS) is 20.2. The quantitative estimate of drug-likeness (QED) is 0.877. The molecule has 2 saturated heterocycles. The third-order valence-electron chi connectivity index (χ3n) is 5.06. The van der Waals surface area contributed by atoms with Crippen molar-refractivity contribution in [2.75, 3.05) is 50.7 Å². The fraction of sp³-hybridized carbons (Fsp3) is 0.706. The molecule has 0 saturated carbocycles. The number of piperazine rings is 1. The average molecular weight is 332 g/mol. The second-order valence-electron chi connectivity index (χ2n) is 6.53. The van der Waals surface area contributed by atoms with Gasteiger partial charge in [0.1, 0.15) is 5.82 Å². The number of urea groups is 1. The maximum atomic E-state index is 12.4. The van der Waals surface area contributed by atoms with Crippen molar-refractivity contribution in [1.29, 1.82) is 0 Å². The van der Waals surface area contributed by atoms with Crippen LogP contribution in [0.3, 0.4) is 0 Å². The van der Waals surface area contributed by atoms with E-state index >= 15 is 0 Å². The van der Waals surface area contributed by atoms with Crippen molar-refractivity contribution < 1.29 is 4.79 Å². The van der Waals surface area contributed by atoms with E-state index in [1.807, 2.05) is 4.90 Å². The Bertz CT molecular complexity index is 511. The van der Waals surface area contributed by atoms with E-state index in [2.05, 4.69) is 32.0 Å². The van der Waals surface area contributed by atoms with Crippen LogP contribution in [0.1, 0.15) is 26.2 Å². The van der Waals surface area contributed by atoms with Crippen LogP contribution in [0.25, 0.3) is 0 Å². The molecule has 1 atom stereocenters. The Labute approximate surface area is 144 Å². The summed E-state index contributed by atoms with van der Waals surface area (Å²) >= 11 is 0. The Morgan fingerprint density at radius 2 is 1.92 bits per heavy atom. The van der Waals surface area contributed by atoms with Gasteiger partial charge in [0.25, 0.3) is 0 Å². The summed E-state index contributed by atoms with van der Waals surface area (Å²) in [5.41, 5.74) is 0. The smallest absolute Gasteiger partial charge is 0.317 e. The summed E-state index contributed by atoms with van der Waals surface area (Å²) in [6, 6.07) is 0.531. The summed E-state index contributed by atoms with van der Waals surface area (Å²) < 4.78 is 0. The summed E-state index contributed by atoms with van der Waals surface area (Å²) in [7, 11) is 0. The van der Waals surface area contributed by atoms with E-state index in [0.29, 0.717) is 6.04 Å². The molecular weight excluding hydrogens is 304 g/mol. The highest BCUT2D eigenvalue weighted by molar-refractivity contribution is 5.74. The number of nitrogens with zero attached hydrogens (tertiary/aromatic N) is 5. The van der Waals surface area contributed by atoms with Gasteiger partial charge in [-0.1, -0.05) is 6.92 Å². The zero-order chi connectivity index (χ0) is 16.8. The number of nitrogens with one attached hydrogen (secondary N) is 1. The molecule has 2 amide bonds. The molecule has 0 bridgehead atoms. The maximum absolute atomic E-state index is 12.4. The van der Waals surface area contributed by atoms with Crippen molar-refractivity contribution >= 4 is 11.8 Å². The van der Waals surface area contributed by atoms with Crippen molar-refractivity contribution in [3.63, 3.8) is 0 Å². The first-order chi connectivity index (χ1) is 11.8. The molecule has 0 spiro atoms. The number of aromatic nitrogens is 2. The summed E-state index contributed by atoms with van der Waals surface area (Å²) in [5, 5.41) is 3.13. The first-order valence-electron chi connectivity index (χ1n) is 9.05. The fourth-order valence-electron chi connectivity index (χ4n) is 3.55. The molecule has 1 aromatic heterocycles. The van der Waals surface area contributed by atoms with Crippen LogP contribution in [0.2, 0.25) is 0 Å². The number of anilines is 1. The number of amides is 2. The Morgan fingerprint density at radius 1 is 1.17 bits per heavy atom. The SMILES string of the molecule is CCC(CNC(=O)N1CCN(c2cnccn2)CC1)N1CCCC1. The molecule has 1 aromatic rings. The van der Waals surface area contributed by atoms with Crippen LogP contribution in [-0.4, -0.2) is 77.7 Å². The zero-order valence-corrected chi connectivity index (χ0v) is 14.5. The average Bonchev–Trinajstić information content (AvgIpc) is 3.17. The standard InChI is InChI=1S/C17H28N6O/c1-2-15(21-7-3-4-8-21)13-20-17(24)23-11-9-22(10-12-23)16-14-18-5-6-19-16/h5-6,14-15H,2-4,7-13H2,1H3,(H,20,24). The van der Waals surface area contributed by atoms with Gasteiger partial charge < -0.3 is 15.1 Å². The van der Waals surface area contributed by atoms with E-state index in [-0.39, 0.29) is 6.03 Å². The first-order valence-corrected chi connectivity index (χ1v) is 9.05. The highest BCUT2D eigenvalue weighted by Crippen LogP contribution is 2.14. The van der Waals surface area contributed by atoms with Crippen molar-refractivity contribution in [3.05, 3.63) is 18.6 Å². The van der Waals surface area contributed by atoms with Gasteiger partial charge in [-0.2, -0.15) is 0 Å². The minimum absolute atomic E-state index is 0.0615. The number of carbonyl (C=O) groups is 1. The van der Waals surface area contributed by atoms with E-state index in [9.17, 15) is 4.79 Å². The van der Waals surface area contributed by atoms with Crippen LogP contribution in [0.5, 0.6) is 0 Å². The Morgan fingerprint density at radius 3 is 2.54 bits per heavy atom. The monoisotopic (exact) mass is 332 g/mol. The zero-order valence-electron chi connectivity index (χ0n) is 14.5. The molecule has 0 radical (unpaired) electrons. The summed E-state index contributed by atoms with van der Waals surface area (Å²) in [5.74, 6) is 0.887. The second-order valence-corrected chi connectivity index (χ2v) is 6.53. The predicted molar refractivity (Wildman–Crippen MR) is 94.1 cm³/mol. The van der Waals surface area contributed by atoms with Crippen LogP contribution in [0, 0.1) is 0 Å². The van der Waals surface area contributed by atoms with Gasteiger partial charge in [0.05, 0.1) is 6.20 Å². The van der Waals surface area contributed by atoms with Gasteiger partial charge in [-0.05, 0) is 32.4 Å². The lowest BCUT2D eigenvalue weighted by Crippen LogP contribution is -2.53. The number of carbonyl (C=O) groups excluding carboxylic acids is 1. The molecule has 3 rings (SSSR count). The van der Waals surface area contributed by atoms with Crippen LogP contribution >= 0.6 is 0 Å². The van der Waals surface area contributed by atoms with Gasteiger partial charge in [0.15, 0.2) is 0 Å². The Hall–Kier alpha value is -1.89. The highest BCUT2D eigenvalue weighted by Gasteiger charge is 2.24. The lowest BCUT2D eigenvalue weighted by molar-refractivity contribution is 0.183. The molecule has 24 heavy (non-hydrogen) atoms. The van der Waals surface area contributed by atoms with Gasteiger partial charge in [0, 0.05) is 51.2 Å². The number of rotatable bonds is 5. The summed E-state index contributed by atoms with van der Waals surface area (Å²) in [6.07, 6.45) is 8.82. The molecule has 0 aliphatic carbocycles. The van der Waals surface area contributed by atoms with Crippen LogP contribution in [-0.2, 0) is 0 Å². The molecule has 3 heterocycles. The second kappa shape index (κ2) is 8.28. The molecule has 1 N–H and O–H groups in total. The van der Waals surface area contributed by atoms with Gasteiger partial charge in [-0.25, -0.2) is 9.78 Å². The highest BCUT2D eigenvalue weighted by atomic mass is 16.2. The van der Waals surface area contributed by atoms with Crippen molar-refractivity contribution in [2.45, 2.75) is 32.2 Å². The third-order valence-corrected chi connectivity index (χ3v) is 5.06. The van der Waals surface area contributed by atoms with E-state index in [1.54, 1.807) is 18.6 Å². The predicted octanol–water partition coefficient (Wildman–Crippen LogP) is 1.18. The molecule has 0 aromatic carbocycles. The third kappa shape index (κ3) is 4.14. The number of hydrogen-bond acceptors (Lipinski definition) is 5. The maximum Gasteiger partial charge on any atom is 0.317 e. The summed E-state index contributed by atoms with van der Waals surface area (Å²) in [6.45, 7) is 8.35. The summed E-state index contributed by atoms with van der Waals surface area (Å²) in [4.78, 5) is 27.4. The Kier molecular flexibility index (Phi) is 5.85. The molecule has 7 heteroatoms. The van der Waals surface area contributed by atoms with Crippen molar-refractivity contribution in [3.8, 4) is 0 Å². The fourth-order valence-corrected chi connectivity index (χ4v) is 3.55. The lowest BCUT2D eigenvalue weighted by atomic mass is 10.2.